The van der Waals surface area contributed by atoms with Gasteiger partial charge in [0.1, 0.15) is 0 Å². The van der Waals surface area contributed by atoms with Crippen molar-refractivity contribution in [3.63, 3.8) is 0 Å². The quantitative estimate of drug-likeness (QED) is 0.769. The Hall–Kier alpha value is -2.82. The zero-order valence-electron chi connectivity index (χ0n) is 17.9. The van der Waals surface area contributed by atoms with E-state index >= 15 is 0 Å². The average Bonchev–Trinajstić information content (AvgIpc) is 3.07. The monoisotopic (exact) mass is 393 g/mol. The number of hydrogen-bond acceptors (Lipinski definition) is 3. The minimum absolute atomic E-state index is 0.0410. The maximum absolute atomic E-state index is 12.8. The van der Waals surface area contributed by atoms with Crippen LogP contribution in [0.4, 0.5) is 11.4 Å². The summed E-state index contributed by atoms with van der Waals surface area (Å²) in [6.07, 6.45) is 0.272. The Bertz CT molecular complexity index is 872. The Morgan fingerprint density at radius 3 is 2.41 bits per heavy atom. The fraction of sp³-hybridized carbons (Fsp3) is 0.417. The van der Waals surface area contributed by atoms with Crippen molar-refractivity contribution in [3.05, 3.63) is 59.2 Å². The van der Waals surface area contributed by atoms with Gasteiger partial charge in [0.15, 0.2) is 0 Å². The van der Waals surface area contributed by atoms with Crippen molar-refractivity contribution >= 4 is 23.2 Å². The Morgan fingerprint density at radius 1 is 1.10 bits per heavy atom. The van der Waals surface area contributed by atoms with Crippen LogP contribution in [0.2, 0.25) is 0 Å². The molecule has 29 heavy (non-hydrogen) atoms. The summed E-state index contributed by atoms with van der Waals surface area (Å²) in [4.78, 5) is 29.2. The first-order valence-corrected chi connectivity index (χ1v) is 10.4. The van der Waals surface area contributed by atoms with Gasteiger partial charge in [-0.15, -0.1) is 0 Å². The molecule has 1 aliphatic heterocycles. The molecule has 0 bridgehead atoms. The van der Waals surface area contributed by atoms with Gasteiger partial charge in [0, 0.05) is 44.0 Å². The zero-order valence-corrected chi connectivity index (χ0v) is 17.9. The first kappa shape index (κ1) is 20.9. The van der Waals surface area contributed by atoms with E-state index in [1.54, 1.807) is 4.90 Å². The van der Waals surface area contributed by atoms with Crippen molar-refractivity contribution in [2.24, 2.45) is 5.92 Å². The predicted octanol–water partition coefficient (Wildman–Crippen LogP) is 4.14. The van der Waals surface area contributed by atoms with Crippen molar-refractivity contribution in [3.8, 4) is 0 Å². The largest absolute Gasteiger partial charge is 0.372 e. The van der Waals surface area contributed by atoms with E-state index in [-0.39, 0.29) is 24.2 Å². The predicted molar refractivity (Wildman–Crippen MR) is 118 cm³/mol. The summed E-state index contributed by atoms with van der Waals surface area (Å²) in [5.41, 5.74) is 5.29. The molecular weight excluding hydrogens is 362 g/mol. The molecule has 3 rings (SSSR count). The van der Waals surface area contributed by atoms with E-state index in [4.69, 9.17) is 0 Å². The molecule has 1 heterocycles. The van der Waals surface area contributed by atoms with Crippen LogP contribution in [0, 0.1) is 19.8 Å². The Kier molecular flexibility index (Phi) is 6.57. The molecule has 2 aromatic carbocycles. The zero-order chi connectivity index (χ0) is 21.0. The molecule has 1 unspecified atom stereocenters. The van der Waals surface area contributed by atoms with Crippen LogP contribution in [0.15, 0.2) is 42.5 Å². The molecule has 5 nitrogen and oxygen atoms in total. The van der Waals surface area contributed by atoms with E-state index < -0.39 is 0 Å². The Balaban J connectivity index is 1.62. The Labute approximate surface area is 173 Å². The summed E-state index contributed by atoms with van der Waals surface area (Å²) in [6, 6.07) is 14.3. The number of nitrogens with zero attached hydrogens (tertiary/aromatic N) is 2. The number of aryl methyl sites for hydroxylation is 2. The second-order valence-corrected chi connectivity index (χ2v) is 7.82. The molecule has 154 valence electrons. The van der Waals surface area contributed by atoms with Gasteiger partial charge in [0.05, 0.1) is 5.92 Å². The highest BCUT2D eigenvalue weighted by Crippen LogP contribution is 2.26. The number of rotatable bonds is 7. The van der Waals surface area contributed by atoms with Crippen molar-refractivity contribution in [2.45, 2.75) is 40.7 Å². The molecule has 1 atom stereocenters. The summed E-state index contributed by atoms with van der Waals surface area (Å²) in [5.74, 6) is -0.349. The highest BCUT2D eigenvalue weighted by molar-refractivity contribution is 5.97. The van der Waals surface area contributed by atoms with Gasteiger partial charge in [-0.1, -0.05) is 29.8 Å². The SMILES string of the molecule is CCN(CC)c1ccc(NC(=O)C2CC(=O)N(Cc3ccc(C)cc3)C2)c(C)c1. The normalized spacial score (nSPS) is 16.2. The Morgan fingerprint density at radius 2 is 1.79 bits per heavy atom. The van der Waals surface area contributed by atoms with E-state index in [1.165, 1.54) is 5.56 Å². The van der Waals surface area contributed by atoms with Crippen LogP contribution in [-0.2, 0) is 16.1 Å². The molecule has 1 fully saturated rings. The third-order valence-corrected chi connectivity index (χ3v) is 5.68. The standard InChI is InChI=1S/C24H31N3O2/c1-5-26(6-2)21-11-12-22(18(4)13-21)25-24(29)20-14-23(28)27(16-20)15-19-9-7-17(3)8-10-19/h7-13,20H,5-6,14-16H2,1-4H3,(H,25,29). The fourth-order valence-corrected chi connectivity index (χ4v) is 3.82. The molecule has 1 saturated heterocycles. The number of likely N-dealkylation sites (tertiary alicyclic amines) is 1. The van der Waals surface area contributed by atoms with Gasteiger partial charge >= 0.3 is 0 Å². The lowest BCUT2D eigenvalue weighted by atomic mass is 10.1. The van der Waals surface area contributed by atoms with E-state index in [2.05, 4.69) is 30.1 Å². The molecule has 1 N–H and O–H groups in total. The number of anilines is 2. The van der Waals surface area contributed by atoms with Crippen LogP contribution >= 0.6 is 0 Å². The van der Waals surface area contributed by atoms with Gasteiger partial charge in [0.2, 0.25) is 11.8 Å². The summed E-state index contributed by atoms with van der Waals surface area (Å²) >= 11 is 0. The fourth-order valence-electron chi connectivity index (χ4n) is 3.82. The number of hydrogen-bond donors (Lipinski definition) is 1. The topological polar surface area (TPSA) is 52.7 Å². The molecule has 0 radical (unpaired) electrons. The van der Waals surface area contributed by atoms with Crippen molar-refractivity contribution in [1.29, 1.82) is 0 Å². The van der Waals surface area contributed by atoms with Crippen molar-refractivity contribution < 1.29 is 9.59 Å². The molecule has 2 aromatic rings. The molecule has 2 amide bonds. The van der Waals surface area contributed by atoms with Gasteiger partial charge < -0.3 is 15.1 Å². The summed E-state index contributed by atoms with van der Waals surface area (Å²) in [6.45, 7) is 11.2. The van der Waals surface area contributed by atoms with Crippen LogP contribution in [0.5, 0.6) is 0 Å². The number of amides is 2. The maximum atomic E-state index is 12.8. The van der Waals surface area contributed by atoms with Crippen LogP contribution < -0.4 is 10.2 Å². The number of nitrogens with one attached hydrogen (secondary N) is 1. The second-order valence-electron chi connectivity index (χ2n) is 7.82. The first-order valence-electron chi connectivity index (χ1n) is 10.4. The van der Waals surface area contributed by atoms with E-state index in [9.17, 15) is 9.59 Å². The lowest BCUT2D eigenvalue weighted by molar-refractivity contribution is -0.128. The molecule has 5 heteroatoms. The van der Waals surface area contributed by atoms with Gasteiger partial charge in [-0.2, -0.15) is 0 Å². The number of carbonyl (C=O) groups excluding carboxylic acids is 2. The average molecular weight is 394 g/mol. The van der Waals surface area contributed by atoms with Crippen LogP contribution in [-0.4, -0.2) is 36.3 Å². The second kappa shape index (κ2) is 9.12. The lowest BCUT2D eigenvalue weighted by Crippen LogP contribution is -2.28. The van der Waals surface area contributed by atoms with E-state index in [1.807, 2.05) is 50.2 Å². The third kappa shape index (κ3) is 4.97. The van der Waals surface area contributed by atoms with Crippen LogP contribution in [0.1, 0.15) is 37.0 Å². The van der Waals surface area contributed by atoms with Gasteiger partial charge in [-0.25, -0.2) is 0 Å². The van der Waals surface area contributed by atoms with Crippen LogP contribution in [0.25, 0.3) is 0 Å². The molecular formula is C24H31N3O2. The highest BCUT2D eigenvalue weighted by Gasteiger charge is 2.34. The lowest BCUT2D eigenvalue weighted by Gasteiger charge is -2.22. The highest BCUT2D eigenvalue weighted by atomic mass is 16.2. The maximum Gasteiger partial charge on any atom is 0.229 e. The minimum Gasteiger partial charge on any atom is -0.372 e. The molecule has 0 aliphatic carbocycles. The van der Waals surface area contributed by atoms with Gasteiger partial charge in [-0.05, 0) is 57.0 Å². The van der Waals surface area contributed by atoms with Crippen LogP contribution in [0.3, 0.4) is 0 Å². The van der Waals surface area contributed by atoms with E-state index in [0.29, 0.717) is 13.1 Å². The molecule has 0 spiro atoms. The van der Waals surface area contributed by atoms with Crippen molar-refractivity contribution in [1.82, 2.24) is 4.90 Å². The summed E-state index contributed by atoms with van der Waals surface area (Å²) < 4.78 is 0. The number of benzene rings is 2. The third-order valence-electron chi connectivity index (χ3n) is 5.68. The van der Waals surface area contributed by atoms with Crippen molar-refractivity contribution in [2.75, 3.05) is 29.9 Å². The summed E-state index contributed by atoms with van der Waals surface area (Å²) in [5, 5.41) is 3.03. The number of carbonyl (C=O) groups is 2. The van der Waals surface area contributed by atoms with Gasteiger partial charge in [0.25, 0.3) is 0 Å². The smallest absolute Gasteiger partial charge is 0.229 e. The molecule has 0 aromatic heterocycles. The summed E-state index contributed by atoms with van der Waals surface area (Å²) in [7, 11) is 0. The first-order chi connectivity index (χ1) is 13.9. The van der Waals surface area contributed by atoms with Gasteiger partial charge in [-0.3, -0.25) is 9.59 Å². The minimum atomic E-state index is -0.310. The van der Waals surface area contributed by atoms with E-state index in [0.717, 1.165) is 35.6 Å². The molecule has 0 saturated carbocycles. The molecule has 1 aliphatic rings.